The molecular formula is C7H13F2I. The third kappa shape index (κ3) is 8.59. The topological polar surface area (TPSA) is 0 Å². The van der Waals surface area contributed by atoms with Gasteiger partial charge in [-0.1, -0.05) is 12.8 Å². The lowest BCUT2D eigenvalue weighted by Crippen LogP contribution is -1.87. The van der Waals surface area contributed by atoms with Crippen LogP contribution in [-0.4, -0.2) is 10.9 Å². The Labute approximate surface area is 74.5 Å². The second-order valence-corrected chi connectivity index (χ2v) is 3.63. The highest BCUT2D eigenvalue weighted by atomic mass is 127. The van der Waals surface area contributed by atoms with Crippen molar-refractivity contribution in [3.8, 4) is 0 Å². The van der Waals surface area contributed by atoms with Gasteiger partial charge in [0, 0.05) is 0 Å². The van der Waals surface area contributed by atoms with Crippen molar-refractivity contribution in [3.05, 3.63) is 0 Å². The van der Waals surface area contributed by atoms with E-state index in [4.69, 9.17) is 0 Å². The molecule has 0 amide bonds. The zero-order valence-electron chi connectivity index (χ0n) is 5.95. The van der Waals surface area contributed by atoms with Crippen molar-refractivity contribution in [2.45, 2.75) is 36.3 Å². The van der Waals surface area contributed by atoms with E-state index in [0.717, 1.165) is 19.3 Å². The summed E-state index contributed by atoms with van der Waals surface area (Å²) >= 11 is 1.76. The molecule has 0 saturated carbocycles. The first-order valence-electron chi connectivity index (χ1n) is 3.61. The van der Waals surface area contributed by atoms with Gasteiger partial charge in [0.15, 0.2) is 4.18 Å². The van der Waals surface area contributed by atoms with Gasteiger partial charge in [-0.05, 0) is 41.9 Å². The second-order valence-electron chi connectivity index (χ2n) is 2.28. The summed E-state index contributed by atoms with van der Waals surface area (Å²) in [6.45, 7) is -0.233. The predicted molar refractivity (Wildman–Crippen MR) is 48.0 cm³/mol. The molecular weight excluding hydrogens is 249 g/mol. The molecule has 0 spiro atoms. The van der Waals surface area contributed by atoms with E-state index in [9.17, 15) is 8.78 Å². The molecule has 0 N–H and O–H groups in total. The van der Waals surface area contributed by atoms with E-state index >= 15 is 0 Å². The number of hydrogen-bond donors (Lipinski definition) is 0. The molecule has 0 aromatic rings. The molecule has 0 aliphatic rings. The molecule has 0 aliphatic heterocycles. The van der Waals surface area contributed by atoms with Crippen LogP contribution in [0.3, 0.4) is 0 Å². The third-order valence-electron chi connectivity index (χ3n) is 1.31. The van der Waals surface area contributed by atoms with Gasteiger partial charge < -0.3 is 0 Å². The Balaban J connectivity index is 2.77. The number of rotatable bonds is 6. The largest absolute Gasteiger partial charge is 0.251 e. The van der Waals surface area contributed by atoms with Crippen LogP contribution in [0, 0.1) is 0 Å². The van der Waals surface area contributed by atoms with E-state index in [-0.39, 0.29) is 6.67 Å². The van der Waals surface area contributed by atoms with Crippen LogP contribution in [0.5, 0.6) is 0 Å². The molecule has 0 aromatic heterocycles. The molecule has 0 bridgehead atoms. The summed E-state index contributed by atoms with van der Waals surface area (Å²) in [5.74, 6) is 0. The average molecular weight is 262 g/mol. The minimum Gasteiger partial charge on any atom is -0.251 e. The van der Waals surface area contributed by atoms with Crippen molar-refractivity contribution in [2.24, 2.45) is 0 Å². The van der Waals surface area contributed by atoms with Crippen LogP contribution in [0.2, 0.25) is 0 Å². The highest BCUT2D eigenvalue weighted by molar-refractivity contribution is 14.1. The lowest BCUT2D eigenvalue weighted by atomic mass is 10.2. The van der Waals surface area contributed by atoms with Crippen LogP contribution in [0.25, 0.3) is 0 Å². The maximum atomic E-state index is 12.1. The van der Waals surface area contributed by atoms with E-state index in [1.165, 1.54) is 0 Å². The van der Waals surface area contributed by atoms with Gasteiger partial charge in [-0.25, -0.2) is 4.39 Å². The van der Waals surface area contributed by atoms with Gasteiger partial charge in [-0.3, -0.25) is 4.39 Å². The Morgan fingerprint density at radius 1 is 1.10 bits per heavy atom. The van der Waals surface area contributed by atoms with Crippen LogP contribution < -0.4 is 0 Å². The van der Waals surface area contributed by atoms with Gasteiger partial charge in [0.25, 0.3) is 0 Å². The van der Waals surface area contributed by atoms with Gasteiger partial charge in [0.2, 0.25) is 0 Å². The predicted octanol–water partition coefficient (Wildman–Crippen LogP) is 3.64. The fourth-order valence-corrected chi connectivity index (χ4v) is 1.19. The highest BCUT2D eigenvalue weighted by Crippen LogP contribution is 2.12. The molecule has 0 rings (SSSR count). The van der Waals surface area contributed by atoms with Crippen LogP contribution >= 0.6 is 22.6 Å². The maximum Gasteiger partial charge on any atom is 0.151 e. The normalized spacial score (nSPS) is 13.5. The molecule has 0 radical (unpaired) electrons. The van der Waals surface area contributed by atoms with Gasteiger partial charge in [0.1, 0.15) is 0 Å². The van der Waals surface area contributed by atoms with Crippen molar-refractivity contribution in [1.82, 2.24) is 0 Å². The minimum absolute atomic E-state index is 0.233. The van der Waals surface area contributed by atoms with E-state index in [0.29, 0.717) is 12.8 Å². The fourth-order valence-electron chi connectivity index (χ4n) is 0.747. The van der Waals surface area contributed by atoms with Crippen molar-refractivity contribution < 1.29 is 8.78 Å². The zero-order valence-corrected chi connectivity index (χ0v) is 8.11. The van der Waals surface area contributed by atoms with Crippen molar-refractivity contribution in [1.29, 1.82) is 0 Å². The summed E-state index contributed by atoms with van der Waals surface area (Å²) < 4.78 is 22.9. The van der Waals surface area contributed by atoms with Crippen LogP contribution in [0.4, 0.5) is 8.78 Å². The van der Waals surface area contributed by atoms with E-state index in [1.807, 2.05) is 0 Å². The molecule has 1 atom stereocenters. The summed E-state index contributed by atoms with van der Waals surface area (Å²) in [5.41, 5.74) is 0. The van der Waals surface area contributed by atoms with E-state index in [1.54, 1.807) is 22.6 Å². The SMILES string of the molecule is FCCCCCCC(F)I. The van der Waals surface area contributed by atoms with Crippen LogP contribution in [0.15, 0.2) is 0 Å². The van der Waals surface area contributed by atoms with E-state index in [2.05, 4.69) is 0 Å². The molecule has 0 heterocycles. The van der Waals surface area contributed by atoms with Gasteiger partial charge in [0.05, 0.1) is 6.67 Å². The molecule has 0 fully saturated rings. The first kappa shape index (κ1) is 10.6. The smallest absolute Gasteiger partial charge is 0.151 e. The lowest BCUT2D eigenvalue weighted by molar-refractivity contribution is 0.417. The third-order valence-corrected chi connectivity index (χ3v) is 1.93. The Morgan fingerprint density at radius 2 is 1.70 bits per heavy atom. The van der Waals surface area contributed by atoms with Crippen molar-refractivity contribution in [2.75, 3.05) is 6.67 Å². The summed E-state index contributed by atoms with van der Waals surface area (Å²) in [6.07, 6.45) is 4.02. The summed E-state index contributed by atoms with van der Waals surface area (Å²) in [5, 5.41) is 0. The number of hydrogen-bond acceptors (Lipinski definition) is 0. The minimum atomic E-state index is -0.719. The highest BCUT2D eigenvalue weighted by Gasteiger charge is 1.98. The second kappa shape index (κ2) is 7.69. The number of alkyl halides is 3. The number of halogens is 3. The van der Waals surface area contributed by atoms with Gasteiger partial charge >= 0.3 is 0 Å². The molecule has 0 aliphatic carbocycles. The lowest BCUT2D eigenvalue weighted by Gasteiger charge is -1.98. The molecule has 3 heteroatoms. The molecule has 1 unspecified atom stereocenters. The molecule has 62 valence electrons. The monoisotopic (exact) mass is 262 g/mol. The average Bonchev–Trinajstić information content (AvgIpc) is 1.87. The van der Waals surface area contributed by atoms with Crippen LogP contribution in [-0.2, 0) is 0 Å². The number of unbranched alkanes of at least 4 members (excludes halogenated alkanes) is 3. The Hall–Kier alpha value is 0.590. The standard InChI is InChI=1S/C7H13F2I/c8-6-4-2-1-3-5-7(9)10/h7H,1-6H2. The molecule has 0 aromatic carbocycles. The fraction of sp³-hybridized carbons (Fsp3) is 1.00. The van der Waals surface area contributed by atoms with Crippen molar-refractivity contribution in [3.63, 3.8) is 0 Å². The zero-order chi connectivity index (χ0) is 7.82. The summed E-state index contributed by atoms with van der Waals surface area (Å²) in [7, 11) is 0. The Morgan fingerprint density at radius 3 is 2.20 bits per heavy atom. The maximum absolute atomic E-state index is 12.1. The molecule has 0 saturated heterocycles. The van der Waals surface area contributed by atoms with Gasteiger partial charge in [-0.2, -0.15) is 0 Å². The first-order chi connectivity index (χ1) is 4.77. The Bertz CT molecular complexity index is 66.6. The molecule has 10 heavy (non-hydrogen) atoms. The van der Waals surface area contributed by atoms with E-state index < -0.39 is 4.18 Å². The first-order valence-corrected chi connectivity index (χ1v) is 4.86. The summed E-state index contributed by atoms with van der Waals surface area (Å²) in [6, 6.07) is 0. The quantitative estimate of drug-likeness (QED) is 0.389. The van der Waals surface area contributed by atoms with Gasteiger partial charge in [-0.15, -0.1) is 0 Å². The van der Waals surface area contributed by atoms with Crippen LogP contribution in [0.1, 0.15) is 32.1 Å². The van der Waals surface area contributed by atoms with Crippen molar-refractivity contribution >= 4 is 22.6 Å². The Kier molecular flexibility index (Phi) is 8.15. The summed E-state index contributed by atoms with van der Waals surface area (Å²) in [4.78, 5) is 0. The molecule has 0 nitrogen and oxygen atoms in total.